The average molecular weight is 559 g/mol. The molecule has 44 heavy (non-hydrogen) atoms. The minimum Gasteiger partial charge on any atom is -0.0622 e. The third kappa shape index (κ3) is 3.58. The van der Waals surface area contributed by atoms with Crippen molar-refractivity contribution in [2.24, 2.45) is 0 Å². The van der Waals surface area contributed by atoms with Gasteiger partial charge in [-0.3, -0.25) is 0 Å². The first-order chi connectivity index (χ1) is 21.7. The zero-order valence-electron chi connectivity index (χ0n) is 24.6. The molecule has 0 saturated carbocycles. The van der Waals surface area contributed by atoms with Crippen molar-refractivity contribution in [2.75, 3.05) is 0 Å². The molecule has 1 spiro atoms. The third-order valence-corrected chi connectivity index (χ3v) is 9.71. The number of rotatable bonds is 3. The molecule has 7 aromatic carbocycles. The molecule has 0 aromatic heterocycles. The summed E-state index contributed by atoms with van der Waals surface area (Å²) >= 11 is 0. The molecule has 2 aliphatic carbocycles. The van der Waals surface area contributed by atoms with Gasteiger partial charge in [0.15, 0.2) is 0 Å². The lowest BCUT2D eigenvalue weighted by Crippen LogP contribution is -2.26. The van der Waals surface area contributed by atoms with Gasteiger partial charge in [0.1, 0.15) is 0 Å². The maximum Gasteiger partial charge on any atom is 0.0725 e. The Balaban J connectivity index is 1.20. The maximum atomic E-state index is 2.47. The molecule has 206 valence electrons. The van der Waals surface area contributed by atoms with Gasteiger partial charge in [-0.1, -0.05) is 151 Å². The molecule has 0 nitrogen and oxygen atoms in total. The van der Waals surface area contributed by atoms with Crippen LogP contribution in [0, 0.1) is 6.92 Å². The van der Waals surface area contributed by atoms with Gasteiger partial charge in [0.05, 0.1) is 5.41 Å². The largest absolute Gasteiger partial charge is 0.0725 e. The van der Waals surface area contributed by atoms with Crippen molar-refractivity contribution in [3.8, 4) is 33.4 Å². The van der Waals surface area contributed by atoms with E-state index in [0.717, 1.165) is 0 Å². The summed E-state index contributed by atoms with van der Waals surface area (Å²) < 4.78 is 0. The Labute approximate surface area is 258 Å². The van der Waals surface area contributed by atoms with Gasteiger partial charge < -0.3 is 0 Å². The summed E-state index contributed by atoms with van der Waals surface area (Å²) in [6, 6.07) is 56.3. The molecule has 0 N–H and O–H groups in total. The Morgan fingerprint density at radius 1 is 0.386 bits per heavy atom. The van der Waals surface area contributed by atoms with Crippen LogP contribution in [0.2, 0.25) is 0 Å². The van der Waals surface area contributed by atoms with Crippen molar-refractivity contribution in [1.82, 2.24) is 0 Å². The maximum absolute atomic E-state index is 2.47. The molecule has 9 rings (SSSR count). The quantitative estimate of drug-likeness (QED) is 0.189. The first-order valence-electron chi connectivity index (χ1n) is 15.4. The van der Waals surface area contributed by atoms with Crippen molar-refractivity contribution in [1.29, 1.82) is 0 Å². The van der Waals surface area contributed by atoms with E-state index in [1.807, 2.05) is 0 Å². The Morgan fingerprint density at radius 3 is 1.70 bits per heavy atom. The van der Waals surface area contributed by atoms with Crippen molar-refractivity contribution in [3.63, 3.8) is 0 Å². The van der Waals surface area contributed by atoms with Crippen LogP contribution in [0.25, 0.3) is 56.3 Å². The second-order valence-electron chi connectivity index (χ2n) is 12.2. The number of fused-ring (bicyclic) bond motifs is 11. The molecule has 0 heteroatoms. The fraction of sp³-hybridized carbons (Fsp3) is 0.0455. The normalized spacial score (nSPS) is 13.7. The highest BCUT2D eigenvalue weighted by molar-refractivity contribution is 5.97. The molecule has 0 amide bonds. The molecule has 0 unspecified atom stereocenters. The fourth-order valence-electron chi connectivity index (χ4n) is 7.74. The first-order valence-corrected chi connectivity index (χ1v) is 15.4. The summed E-state index contributed by atoms with van der Waals surface area (Å²) in [4.78, 5) is 0. The zero-order valence-corrected chi connectivity index (χ0v) is 24.6. The monoisotopic (exact) mass is 558 g/mol. The highest BCUT2D eigenvalue weighted by Crippen LogP contribution is 2.63. The van der Waals surface area contributed by atoms with Crippen LogP contribution < -0.4 is 0 Å². The molecular weight excluding hydrogens is 528 g/mol. The number of aryl methyl sites for hydroxylation is 1. The molecule has 0 saturated heterocycles. The molecule has 0 atom stereocenters. The minimum atomic E-state index is -0.323. The van der Waals surface area contributed by atoms with Crippen LogP contribution >= 0.6 is 0 Å². The highest BCUT2D eigenvalue weighted by Gasteiger charge is 2.51. The van der Waals surface area contributed by atoms with Crippen LogP contribution in [0.1, 0.15) is 38.9 Å². The Hall–Kier alpha value is -5.46. The lowest BCUT2D eigenvalue weighted by atomic mass is 9.70. The number of hydrogen-bond acceptors (Lipinski definition) is 0. The zero-order chi connectivity index (χ0) is 29.3. The van der Waals surface area contributed by atoms with Crippen LogP contribution in [-0.2, 0) is 5.41 Å². The van der Waals surface area contributed by atoms with Crippen molar-refractivity contribution < 1.29 is 0 Å². The van der Waals surface area contributed by atoms with Gasteiger partial charge in [-0.15, -0.1) is 0 Å². The highest BCUT2D eigenvalue weighted by atomic mass is 14.5. The third-order valence-electron chi connectivity index (χ3n) is 9.71. The molecule has 0 heterocycles. The standard InChI is InChI=1S/C44H30/c1-29-15-23-38-39-24-22-35(34-21-20-32-26-31(18-19-33(32)27-34)17-16-30-9-3-2-4-10-30)28-43(39)44(42(38)25-29)40-13-7-5-11-36(40)37-12-6-8-14-41(37)44/h2-28H,1H3/b17-16+. The van der Waals surface area contributed by atoms with E-state index in [4.69, 9.17) is 0 Å². The van der Waals surface area contributed by atoms with E-state index in [-0.39, 0.29) is 5.41 Å². The summed E-state index contributed by atoms with van der Waals surface area (Å²) in [6.45, 7) is 2.22. The van der Waals surface area contributed by atoms with E-state index >= 15 is 0 Å². The van der Waals surface area contributed by atoms with Crippen LogP contribution in [-0.4, -0.2) is 0 Å². The van der Waals surface area contributed by atoms with E-state index in [2.05, 4.69) is 171 Å². The summed E-state index contributed by atoms with van der Waals surface area (Å²) in [5.41, 5.74) is 16.8. The van der Waals surface area contributed by atoms with Crippen molar-refractivity contribution in [2.45, 2.75) is 12.3 Å². The molecular formula is C44H30. The van der Waals surface area contributed by atoms with Gasteiger partial charge in [0, 0.05) is 0 Å². The summed E-state index contributed by atoms with van der Waals surface area (Å²) in [5.74, 6) is 0. The number of hydrogen-bond donors (Lipinski definition) is 0. The SMILES string of the molecule is Cc1ccc2c(c1)C1(c3ccccc3-c3ccccc31)c1cc(-c3ccc4cc(/C=C/c5ccccc5)ccc4c3)ccc1-2. The molecule has 2 aliphatic rings. The lowest BCUT2D eigenvalue weighted by Gasteiger charge is -2.31. The summed E-state index contributed by atoms with van der Waals surface area (Å²) in [7, 11) is 0. The van der Waals surface area contributed by atoms with Crippen LogP contribution in [0.5, 0.6) is 0 Å². The van der Waals surface area contributed by atoms with Gasteiger partial charge >= 0.3 is 0 Å². The smallest absolute Gasteiger partial charge is 0.0622 e. The van der Waals surface area contributed by atoms with E-state index in [1.54, 1.807) is 0 Å². The Morgan fingerprint density at radius 2 is 0.932 bits per heavy atom. The topological polar surface area (TPSA) is 0 Å². The average Bonchev–Trinajstić information content (AvgIpc) is 3.54. The van der Waals surface area contributed by atoms with Gasteiger partial charge in [-0.25, -0.2) is 0 Å². The van der Waals surface area contributed by atoms with E-state index in [1.165, 1.54) is 83.1 Å². The second kappa shape index (κ2) is 9.53. The number of benzene rings is 7. The predicted octanol–water partition coefficient (Wildman–Crippen LogP) is 11.3. The molecule has 0 radical (unpaired) electrons. The molecule has 0 fully saturated rings. The van der Waals surface area contributed by atoms with Gasteiger partial charge in [-0.2, -0.15) is 0 Å². The van der Waals surface area contributed by atoms with Crippen molar-refractivity contribution >= 4 is 22.9 Å². The second-order valence-corrected chi connectivity index (χ2v) is 12.2. The minimum absolute atomic E-state index is 0.323. The predicted molar refractivity (Wildman–Crippen MR) is 186 cm³/mol. The first kappa shape index (κ1) is 25.1. The van der Waals surface area contributed by atoms with E-state index in [9.17, 15) is 0 Å². The molecule has 0 aliphatic heterocycles. The van der Waals surface area contributed by atoms with Gasteiger partial charge in [-0.05, 0) is 103 Å². The van der Waals surface area contributed by atoms with Gasteiger partial charge in [0.2, 0.25) is 0 Å². The van der Waals surface area contributed by atoms with Crippen LogP contribution in [0.3, 0.4) is 0 Å². The van der Waals surface area contributed by atoms with Gasteiger partial charge in [0.25, 0.3) is 0 Å². The van der Waals surface area contributed by atoms with Crippen LogP contribution in [0.4, 0.5) is 0 Å². The fourth-order valence-corrected chi connectivity index (χ4v) is 7.74. The molecule has 0 bridgehead atoms. The van der Waals surface area contributed by atoms with E-state index < -0.39 is 0 Å². The molecule has 7 aromatic rings. The Kier molecular flexibility index (Phi) is 5.43. The lowest BCUT2D eigenvalue weighted by molar-refractivity contribution is 0.793. The summed E-state index contributed by atoms with van der Waals surface area (Å²) in [6.07, 6.45) is 4.37. The van der Waals surface area contributed by atoms with E-state index in [0.29, 0.717) is 0 Å². The Bertz CT molecular complexity index is 2240. The summed E-state index contributed by atoms with van der Waals surface area (Å²) in [5, 5.41) is 2.51. The van der Waals surface area contributed by atoms with Crippen molar-refractivity contribution in [3.05, 3.63) is 191 Å². The van der Waals surface area contributed by atoms with Crippen LogP contribution in [0.15, 0.2) is 152 Å².